The molecule has 7 aromatic rings. The predicted octanol–water partition coefficient (Wildman–Crippen LogP) is 11.7. The van der Waals surface area contributed by atoms with E-state index in [1.165, 1.54) is 0 Å². The number of nitrogens with zero attached hydrogens (tertiary/aromatic N) is 1. The van der Waals surface area contributed by atoms with Gasteiger partial charge in [0.05, 0.1) is 11.4 Å². The van der Waals surface area contributed by atoms with Crippen LogP contribution < -0.4 is 9.64 Å². The first-order valence-corrected chi connectivity index (χ1v) is 16.7. The summed E-state index contributed by atoms with van der Waals surface area (Å²) in [5, 5.41) is 0. The van der Waals surface area contributed by atoms with Gasteiger partial charge in [0.15, 0.2) is 23.1 Å². The summed E-state index contributed by atoms with van der Waals surface area (Å²) in [6.45, 7) is 4.01. The third-order valence-electron chi connectivity index (χ3n) is 9.23. The third-order valence-corrected chi connectivity index (χ3v) is 9.23. The van der Waals surface area contributed by atoms with Crippen molar-refractivity contribution in [3.8, 4) is 33.8 Å². The molecule has 8 rings (SSSR count). The SMILES string of the molecule is Cc1ccc(C(=O)c2cc(-c3ccc(N4c5ccccc5Oc5ccccc54)cc3)c(C(=O)c3ccc(C)cc3)cc2-c2ccccc2)cc1. The summed E-state index contributed by atoms with van der Waals surface area (Å²) in [5.41, 5.74) is 10.3. The minimum atomic E-state index is -0.105. The van der Waals surface area contributed by atoms with Gasteiger partial charge >= 0.3 is 0 Å². The Hall–Kier alpha value is -6.52. The molecule has 0 N–H and O–H groups in total. The topological polar surface area (TPSA) is 46.6 Å². The molecule has 1 heterocycles. The van der Waals surface area contributed by atoms with Gasteiger partial charge in [-0.1, -0.05) is 126 Å². The van der Waals surface area contributed by atoms with Crippen molar-refractivity contribution in [2.45, 2.75) is 13.8 Å². The first-order valence-electron chi connectivity index (χ1n) is 16.7. The zero-order valence-electron chi connectivity index (χ0n) is 27.8. The normalized spacial score (nSPS) is 11.7. The molecule has 4 nitrogen and oxygen atoms in total. The van der Waals surface area contributed by atoms with E-state index in [1.54, 1.807) is 0 Å². The number of fused-ring (bicyclic) bond motifs is 2. The molecule has 0 radical (unpaired) electrons. The van der Waals surface area contributed by atoms with Crippen molar-refractivity contribution in [1.82, 2.24) is 0 Å². The Morgan fingerprint density at radius 3 is 1.36 bits per heavy atom. The molecule has 0 aromatic heterocycles. The summed E-state index contributed by atoms with van der Waals surface area (Å²) in [4.78, 5) is 30.9. The lowest BCUT2D eigenvalue weighted by Gasteiger charge is -2.32. The van der Waals surface area contributed by atoms with E-state index in [0.29, 0.717) is 33.4 Å². The zero-order valence-corrected chi connectivity index (χ0v) is 27.8. The molecule has 4 heteroatoms. The fourth-order valence-corrected chi connectivity index (χ4v) is 6.56. The van der Waals surface area contributed by atoms with Crippen molar-refractivity contribution in [2.75, 3.05) is 4.90 Å². The highest BCUT2D eigenvalue weighted by atomic mass is 16.5. The second-order valence-corrected chi connectivity index (χ2v) is 12.6. The highest BCUT2D eigenvalue weighted by Crippen LogP contribution is 2.50. The maximum atomic E-state index is 14.4. The second kappa shape index (κ2) is 12.8. The lowest BCUT2D eigenvalue weighted by atomic mass is 9.85. The van der Waals surface area contributed by atoms with Gasteiger partial charge in [-0.2, -0.15) is 0 Å². The summed E-state index contributed by atoms with van der Waals surface area (Å²) in [6.07, 6.45) is 0. The number of ketones is 2. The highest BCUT2D eigenvalue weighted by Gasteiger charge is 2.26. The minimum Gasteiger partial charge on any atom is -0.453 e. The lowest BCUT2D eigenvalue weighted by molar-refractivity contribution is 0.102. The number of benzene rings is 7. The first kappa shape index (κ1) is 30.8. The molecule has 0 aliphatic carbocycles. The van der Waals surface area contributed by atoms with Crippen LogP contribution in [0.2, 0.25) is 0 Å². The van der Waals surface area contributed by atoms with E-state index in [-0.39, 0.29) is 11.6 Å². The van der Waals surface area contributed by atoms with Crippen LogP contribution >= 0.6 is 0 Å². The van der Waals surface area contributed by atoms with Crippen LogP contribution in [0, 0.1) is 13.8 Å². The van der Waals surface area contributed by atoms with Crippen molar-refractivity contribution in [1.29, 1.82) is 0 Å². The Kier molecular flexibility index (Phi) is 7.90. The van der Waals surface area contributed by atoms with E-state index in [4.69, 9.17) is 4.74 Å². The minimum absolute atomic E-state index is 0.0995. The molecule has 50 heavy (non-hydrogen) atoms. The number of carbonyl (C=O) groups is 2. The molecule has 7 aromatic carbocycles. The smallest absolute Gasteiger partial charge is 0.193 e. The number of para-hydroxylation sites is 4. The molecular weight excluding hydrogens is 615 g/mol. The largest absolute Gasteiger partial charge is 0.453 e. The van der Waals surface area contributed by atoms with Crippen LogP contribution in [0.3, 0.4) is 0 Å². The quantitative estimate of drug-likeness (QED) is 0.162. The van der Waals surface area contributed by atoms with Gasteiger partial charge in [0.1, 0.15) is 0 Å². The zero-order chi connectivity index (χ0) is 34.2. The maximum Gasteiger partial charge on any atom is 0.193 e. The van der Waals surface area contributed by atoms with Gasteiger partial charge in [-0.15, -0.1) is 0 Å². The van der Waals surface area contributed by atoms with Crippen molar-refractivity contribution in [2.24, 2.45) is 0 Å². The van der Waals surface area contributed by atoms with Crippen LogP contribution in [0.15, 0.2) is 164 Å². The number of carbonyl (C=O) groups excluding carboxylic acids is 2. The molecular formula is C46H33NO3. The van der Waals surface area contributed by atoms with Gasteiger partial charge in [-0.25, -0.2) is 0 Å². The molecule has 0 amide bonds. The average Bonchev–Trinajstić information content (AvgIpc) is 3.17. The van der Waals surface area contributed by atoms with Gasteiger partial charge < -0.3 is 9.64 Å². The summed E-state index contributed by atoms with van der Waals surface area (Å²) in [6, 6.07) is 53.0. The van der Waals surface area contributed by atoms with Crippen LogP contribution in [-0.4, -0.2) is 11.6 Å². The summed E-state index contributed by atoms with van der Waals surface area (Å²) >= 11 is 0. The number of hydrogen-bond acceptors (Lipinski definition) is 4. The van der Waals surface area contributed by atoms with Crippen molar-refractivity contribution in [3.63, 3.8) is 0 Å². The number of hydrogen-bond donors (Lipinski definition) is 0. The predicted molar refractivity (Wildman–Crippen MR) is 201 cm³/mol. The molecule has 0 atom stereocenters. The number of anilines is 3. The van der Waals surface area contributed by atoms with Crippen LogP contribution in [0.5, 0.6) is 11.5 Å². The van der Waals surface area contributed by atoms with E-state index < -0.39 is 0 Å². The van der Waals surface area contributed by atoms with Gasteiger partial charge in [-0.05, 0) is 84.6 Å². The number of aryl methyl sites for hydroxylation is 2. The van der Waals surface area contributed by atoms with E-state index in [0.717, 1.165) is 50.8 Å². The van der Waals surface area contributed by atoms with Crippen molar-refractivity contribution >= 4 is 28.6 Å². The van der Waals surface area contributed by atoms with E-state index in [2.05, 4.69) is 17.0 Å². The molecule has 0 spiro atoms. The van der Waals surface area contributed by atoms with E-state index in [9.17, 15) is 9.59 Å². The van der Waals surface area contributed by atoms with Crippen LogP contribution in [0.4, 0.5) is 17.1 Å². The summed E-state index contributed by atoms with van der Waals surface area (Å²) < 4.78 is 6.23. The van der Waals surface area contributed by atoms with Gasteiger partial charge in [0.25, 0.3) is 0 Å². The number of ether oxygens (including phenoxy) is 1. The molecule has 0 saturated heterocycles. The molecule has 1 aliphatic rings. The maximum absolute atomic E-state index is 14.4. The third kappa shape index (κ3) is 5.67. The molecule has 0 bridgehead atoms. The van der Waals surface area contributed by atoms with Crippen LogP contribution in [-0.2, 0) is 0 Å². The Morgan fingerprint density at radius 1 is 0.460 bits per heavy atom. The Balaban J connectivity index is 1.31. The van der Waals surface area contributed by atoms with E-state index in [1.807, 2.05) is 166 Å². The van der Waals surface area contributed by atoms with Gasteiger partial charge in [-0.3, -0.25) is 9.59 Å². The standard InChI is InChI=1S/C46H33NO3/c1-30-16-20-34(21-17-30)45(48)39-29-38(40(28-37(39)32-10-4-3-5-11-32)46(49)35-22-18-31(2)19-23-35)33-24-26-36(27-25-33)47-41-12-6-8-14-43(41)50-44-15-9-7-13-42(44)47/h3-29H,1-2H3. The Morgan fingerprint density at radius 2 is 0.880 bits per heavy atom. The van der Waals surface area contributed by atoms with E-state index >= 15 is 0 Å². The van der Waals surface area contributed by atoms with Crippen LogP contribution in [0.25, 0.3) is 22.3 Å². The average molecular weight is 648 g/mol. The van der Waals surface area contributed by atoms with Crippen LogP contribution in [0.1, 0.15) is 43.0 Å². The fraction of sp³-hybridized carbons (Fsp3) is 0.0435. The molecule has 0 fully saturated rings. The van der Waals surface area contributed by atoms with Crippen molar-refractivity contribution < 1.29 is 14.3 Å². The molecule has 1 aliphatic heterocycles. The lowest BCUT2D eigenvalue weighted by Crippen LogP contribution is -2.15. The molecule has 240 valence electrons. The monoisotopic (exact) mass is 647 g/mol. The highest BCUT2D eigenvalue weighted by molar-refractivity contribution is 6.18. The number of rotatable bonds is 7. The Labute approximate surface area is 291 Å². The second-order valence-electron chi connectivity index (χ2n) is 12.6. The van der Waals surface area contributed by atoms with Gasteiger partial charge in [0.2, 0.25) is 0 Å². The fourth-order valence-electron chi connectivity index (χ4n) is 6.56. The first-order chi connectivity index (χ1) is 24.4. The molecule has 0 saturated carbocycles. The van der Waals surface area contributed by atoms with Crippen molar-refractivity contribution in [3.05, 3.63) is 197 Å². The Bertz CT molecular complexity index is 2330. The molecule has 0 unspecified atom stereocenters. The van der Waals surface area contributed by atoms with Gasteiger partial charge in [0, 0.05) is 27.9 Å². The summed E-state index contributed by atoms with van der Waals surface area (Å²) in [5.74, 6) is 1.35. The summed E-state index contributed by atoms with van der Waals surface area (Å²) in [7, 11) is 0.